The first-order valence-electron chi connectivity index (χ1n) is 8.38. The van der Waals surface area contributed by atoms with E-state index >= 15 is 0 Å². The molecule has 0 unspecified atom stereocenters. The maximum atomic E-state index is 12.3. The zero-order valence-corrected chi connectivity index (χ0v) is 14.6. The number of imidazole rings is 1. The number of amides is 1. The summed E-state index contributed by atoms with van der Waals surface area (Å²) in [6, 6.07) is 6.07. The van der Waals surface area contributed by atoms with E-state index in [9.17, 15) is 14.7 Å². The van der Waals surface area contributed by atoms with Crippen molar-refractivity contribution in [2.24, 2.45) is 0 Å². The molecular weight excluding hydrogens is 334 g/mol. The monoisotopic (exact) mass is 353 g/mol. The number of carboxylic acid groups (broad SMARTS) is 1. The molecule has 0 radical (unpaired) electrons. The quantitative estimate of drug-likeness (QED) is 0.736. The van der Waals surface area contributed by atoms with Gasteiger partial charge in [0.15, 0.2) is 0 Å². The molecule has 0 saturated carbocycles. The van der Waals surface area contributed by atoms with Gasteiger partial charge in [-0.2, -0.15) is 5.10 Å². The molecule has 1 aliphatic heterocycles. The van der Waals surface area contributed by atoms with Gasteiger partial charge in [0.2, 0.25) is 0 Å². The number of aromatic amines is 1. The Kier molecular flexibility index (Phi) is 3.68. The molecule has 0 saturated heterocycles. The molecule has 1 amide bonds. The third kappa shape index (κ3) is 2.59. The summed E-state index contributed by atoms with van der Waals surface area (Å²) < 4.78 is 3.22. The summed E-state index contributed by atoms with van der Waals surface area (Å²) in [5.74, 6) is 0.585. The fraction of sp³-hybridized carbons (Fsp3) is 0.278. The van der Waals surface area contributed by atoms with E-state index in [-0.39, 0.29) is 12.2 Å². The number of H-pyrrole nitrogens is 1. The van der Waals surface area contributed by atoms with Crippen LogP contribution in [-0.2, 0) is 13.0 Å². The molecule has 0 aliphatic carbocycles. The largest absolute Gasteiger partial charge is 0.465 e. The summed E-state index contributed by atoms with van der Waals surface area (Å²) in [4.78, 5) is 27.7. The van der Waals surface area contributed by atoms with Crippen LogP contribution in [-0.4, -0.2) is 42.0 Å². The first-order chi connectivity index (χ1) is 12.4. The van der Waals surface area contributed by atoms with Crippen molar-refractivity contribution < 1.29 is 9.90 Å². The van der Waals surface area contributed by atoms with Crippen LogP contribution in [0.25, 0.3) is 11.5 Å². The lowest BCUT2D eigenvalue weighted by atomic mass is 10.1. The van der Waals surface area contributed by atoms with Crippen molar-refractivity contribution in [2.45, 2.75) is 26.8 Å². The van der Waals surface area contributed by atoms with Crippen molar-refractivity contribution in [3.05, 3.63) is 63.5 Å². The van der Waals surface area contributed by atoms with Crippen LogP contribution in [0, 0.1) is 13.8 Å². The molecule has 0 atom stereocenters. The lowest BCUT2D eigenvalue weighted by Crippen LogP contribution is -2.35. The Morgan fingerprint density at radius 3 is 2.58 bits per heavy atom. The van der Waals surface area contributed by atoms with Gasteiger partial charge in [0.05, 0.1) is 17.9 Å². The molecule has 8 nitrogen and oxygen atoms in total. The van der Waals surface area contributed by atoms with E-state index in [1.165, 1.54) is 9.47 Å². The van der Waals surface area contributed by atoms with Gasteiger partial charge in [-0.15, -0.1) is 0 Å². The second kappa shape index (κ2) is 5.91. The Balaban J connectivity index is 1.97. The second-order valence-electron chi connectivity index (χ2n) is 6.60. The molecule has 26 heavy (non-hydrogen) atoms. The normalized spacial score (nSPS) is 13.7. The topological polar surface area (TPSA) is 96.2 Å². The van der Waals surface area contributed by atoms with Gasteiger partial charge in [0.1, 0.15) is 5.82 Å². The van der Waals surface area contributed by atoms with E-state index in [4.69, 9.17) is 5.10 Å². The van der Waals surface area contributed by atoms with Crippen molar-refractivity contribution >= 4 is 6.09 Å². The van der Waals surface area contributed by atoms with Gasteiger partial charge in [-0.05, 0) is 37.1 Å². The Bertz CT molecular complexity index is 1040. The number of rotatable bonds is 2. The highest BCUT2D eigenvalue weighted by Crippen LogP contribution is 2.28. The molecule has 0 bridgehead atoms. The van der Waals surface area contributed by atoms with Gasteiger partial charge in [-0.25, -0.2) is 14.3 Å². The first kappa shape index (κ1) is 16.2. The minimum absolute atomic E-state index is 0.211. The number of aromatic nitrogens is 4. The number of benzene rings is 1. The highest BCUT2D eigenvalue weighted by Gasteiger charge is 2.29. The molecular formula is C18H19N5O3. The number of nitrogens with zero attached hydrogens (tertiary/aromatic N) is 4. The summed E-state index contributed by atoms with van der Waals surface area (Å²) in [5, 5.41) is 14.1. The summed E-state index contributed by atoms with van der Waals surface area (Å²) in [6.45, 7) is 4.62. The minimum atomic E-state index is -0.970. The van der Waals surface area contributed by atoms with Crippen molar-refractivity contribution in [3.63, 3.8) is 0 Å². The summed E-state index contributed by atoms with van der Waals surface area (Å²) in [5.41, 5.74) is 4.33. The predicted octanol–water partition coefficient (Wildman–Crippen LogP) is 2.00. The molecule has 3 aromatic rings. The number of carbonyl (C=O) groups is 1. The molecule has 0 fully saturated rings. The van der Waals surface area contributed by atoms with Crippen molar-refractivity contribution in [1.29, 1.82) is 0 Å². The highest BCUT2D eigenvalue weighted by molar-refractivity contribution is 5.66. The maximum Gasteiger partial charge on any atom is 0.407 e. The van der Waals surface area contributed by atoms with Gasteiger partial charge in [0.25, 0.3) is 0 Å². The smallest absolute Gasteiger partial charge is 0.407 e. The van der Waals surface area contributed by atoms with E-state index in [1.54, 1.807) is 17.1 Å². The molecule has 8 heteroatoms. The van der Waals surface area contributed by atoms with Gasteiger partial charge in [-0.1, -0.05) is 6.07 Å². The number of nitrogens with one attached hydrogen (secondary N) is 1. The van der Waals surface area contributed by atoms with Gasteiger partial charge >= 0.3 is 11.8 Å². The number of aryl methyl sites for hydroxylation is 2. The van der Waals surface area contributed by atoms with E-state index in [1.807, 2.05) is 26.0 Å². The Morgan fingerprint density at radius 2 is 1.96 bits per heavy atom. The van der Waals surface area contributed by atoms with Gasteiger partial charge in [-0.3, -0.25) is 4.57 Å². The van der Waals surface area contributed by atoms with Crippen LogP contribution in [0.5, 0.6) is 0 Å². The summed E-state index contributed by atoms with van der Waals surface area (Å²) >= 11 is 0. The Labute approximate surface area is 149 Å². The van der Waals surface area contributed by atoms with E-state index in [0.717, 1.165) is 28.1 Å². The highest BCUT2D eigenvalue weighted by atomic mass is 16.4. The summed E-state index contributed by atoms with van der Waals surface area (Å²) in [6.07, 6.45) is 2.75. The summed E-state index contributed by atoms with van der Waals surface area (Å²) in [7, 11) is 0. The van der Waals surface area contributed by atoms with Crippen molar-refractivity contribution in [2.75, 3.05) is 6.54 Å². The number of hydrogen-bond acceptors (Lipinski definition) is 3. The third-order valence-electron chi connectivity index (χ3n) is 4.61. The van der Waals surface area contributed by atoms with E-state index in [2.05, 4.69) is 11.1 Å². The Morgan fingerprint density at radius 1 is 1.23 bits per heavy atom. The van der Waals surface area contributed by atoms with Crippen LogP contribution < -0.4 is 5.69 Å². The zero-order valence-electron chi connectivity index (χ0n) is 14.6. The lowest BCUT2D eigenvalue weighted by molar-refractivity contribution is 0.140. The molecule has 2 N–H and O–H groups in total. The van der Waals surface area contributed by atoms with Crippen LogP contribution in [0.1, 0.15) is 22.4 Å². The SMILES string of the molecule is Cc1cc(C)cc(-n2nc3c(c2-n2cc[nH]c2=O)CN(C(=O)O)CC3)c1. The average Bonchev–Trinajstić information content (AvgIpc) is 3.16. The number of hydrogen-bond donors (Lipinski definition) is 2. The van der Waals surface area contributed by atoms with Crippen LogP contribution in [0.3, 0.4) is 0 Å². The van der Waals surface area contributed by atoms with E-state index in [0.29, 0.717) is 18.8 Å². The molecule has 134 valence electrons. The van der Waals surface area contributed by atoms with Gasteiger partial charge < -0.3 is 15.0 Å². The van der Waals surface area contributed by atoms with Crippen molar-refractivity contribution in [3.8, 4) is 11.5 Å². The standard InChI is InChI=1S/C18H19N5O3/c1-11-7-12(2)9-13(8-11)23-16(22-6-4-19-17(22)24)14-10-21(18(25)26)5-3-15(14)20-23/h4,6-9H,3,5,10H2,1-2H3,(H,19,24)(H,25,26). The molecule has 1 aromatic carbocycles. The fourth-order valence-electron chi connectivity index (χ4n) is 3.51. The molecule has 3 heterocycles. The van der Waals surface area contributed by atoms with E-state index < -0.39 is 6.09 Å². The molecule has 2 aromatic heterocycles. The average molecular weight is 353 g/mol. The molecule has 4 rings (SSSR count). The van der Waals surface area contributed by atoms with Crippen LogP contribution >= 0.6 is 0 Å². The second-order valence-corrected chi connectivity index (χ2v) is 6.60. The van der Waals surface area contributed by atoms with Gasteiger partial charge in [0, 0.05) is 30.9 Å². The zero-order chi connectivity index (χ0) is 18.4. The molecule has 1 aliphatic rings. The lowest BCUT2D eigenvalue weighted by Gasteiger charge is -2.23. The molecule has 0 spiro atoms. The Hall–Kier alpha value is -3.29. The first-order valence-corrected chi connectivity index (χ1v) is 8.38. The van der Waals surface area contributed by atoms with Crippen LogP contribution in [0.2, 0.25) is 0 Å². The maximum absolute atomic E-state index is 12.3. The fourth-order valence-corrected chi connectivity index (χ4v) is 3.51. The van der Waals surface area contributed by atoms with Crippen LogP contribution in [0.4, 0.5) is 4.79 Å². The van der Waals surface area contributed by atoms with Crippen LogP contribution in [0.15, 0.2) is 35.4 Å². The van der Waals surface area contributed by atoms with Crippen molar-refractivity contribution in [1.82, 2.24) is 24.2 Å². The predicted molar refractivity (Wildman–Crippen MR) is 95.1 cm³/mol. The number of fused-ring (bicyclic) bond motifs is 1. The third-order valence-corrected chi connectivity index (χ3v) is 4.61. The minimum Gasteiger partial charge on any atom is -0.465 e.